The van der Waals surface area contributed by atoms with Crippen LogP contribution in [-0.2, 0) is 0 Å². The molecule has 1 amide bonds. The van der Waals surface area contributed by atoms with Crippen molar-refractivity contribution in [1.82, 2.24) is 0 Å². The molecule has 0 bridgehead atoms. The van der Waals surface area contributed by atoms with E-state index in [4.69, 9.17) is 16.9 Å². The summed E-state index contributed by atoms with van der Waals surface area (Å²) in [5.41, 5.74) is 10.2. The minimum Gasteiger partial charge on any atom is -0.383 e. The molecule has 11 heavy (non-hydrogen) atoms. The molecule has 0 fully saturated rings. The van der Waals surface area contributed by atoms with Crippen LogP contribution < -0.4 is 11.5 Å². The first kappa shape index (κ1) is 7.74. The van der Waals surface area contributed by atoms with Gasteiger partial charge < -0.3 is 11.5 Å². The van der Waals surface area contributed by atoms with Gasteiger partial charge in [-0.1, -0.05) is 0 Å². The number of thiophene rings is 1. The molecule has 1 rings (SSSR count). The van der Waals surface area contributed by atoms with E-state index in [9.17, 15) is 4.79 Å². The van der Waals surface area contributed by atoms with E-state index in [1.807, 2.05) is 0 Å². The predicted octanol–water partition coefficient (Wildman–Crippen LogP) is 0.131. The van der Waals surface area contributed by atoms with Crippen LogP contribution >= 0.6 is 11.3 Å². The highest BCUT2D eigenvalue weighted by molar-refractivity contribution is 7.15. The number of nitrogens with one attached hydrogen (secondary N) is 1. The van der Waals surface area contributed by atoms with Gasteiger partial charge in [0.2, 0.25) is 0 Å². The summed E-state index contributed by atoms with van der Waals surface area (Å²) in [4.78, 5) is 11.6. The number of rotatable bonds is 2. The lowest BCUT2D eigenvalue weighted by molar-refractivity contribution is 0.100. The molecule has 0 aliphatic carbocycles. The van der Waals surface area contributed by atoms with Gasteiger partial charge in [0.1, 0.15) is 5.84 Å². The first-order chi connectivity index (χ1) is 5.11. The molecule has 0 radical (unpaired) electrons. The number of primary amides is 1. The van der Waals surface area contributed by atoms with E-state index in [-0.39, 0.29) is 5.84 Å². The fourth-order valence-electron chi connectivity index (χ4n) is 0.615. The number of nitrogens with two attached hydrogens (primary N) is 2. The van der Waals surface area contributed by atoms with E-state index in [0.717, 1.165) is 11.3 Å². The van der Waals surface area contributed by atoms with Gasteiger partial charge >= 0.3 is 0 Å². The number of hydrogen-bond acceptors (Lipinski definition) is 3. The molecule has 58 valence electrons. The summed E-state index contributed by atoms with van der Waals surface area (Å²) in [6, 6.07) is 3.16. The number of nitrogen functional groups attached to an aromatic ring is 1. The average molecular weight is 169 g/mol. The van der Waals surface area contributed by atoms with Crippen molar-refractivity contribution < 1.29 is 4.79 Å². The van der Waals surface area contributed by atoms with Gasteiger partial charge in [-0.15, -0.1) is 11.3 Å². The summed E-state index contributed by atoms with van der Waals surface area (Å²) in [5.74, 6) is -0.523. The van der Waals surface area contributed by atoms with E-state index in [0.29, 0.717) is 9.75 Å². The van der Waals surface area contributed by atoms with Gasteiger partial charge in [0, 0.05) is 0 Å². The Morgan fingerprint density at radius 2 is 1.91 bits per heavy atom. The molecular formula is C6H7N3OS. The van der Waals surface area contributed by atoms with Crippen LogP contribution in [0.2, 0.25) is 0 Å². The second kappa shape index (κ2) is 2.71. The molecular weight excluding hydrogens is 162 g/mol. The average Bonchev–Trinajstić information content (AvgIpc) is 2.33. The van der Waals surface area contributed by atoms with E-state index in [1.165, 1.54) is 0 Å². The van der Waals surface area contributed by atoms with E-state index in [1.54, 1.807) is 12.1 Å². The molecule has 0 aliphatic rings. The zero-order valence-corrected chi connectivity index (χ0v) is 6.44. The Morgan fingerprint density at radius 3 is 2.18 bits per heavy atom. The summed E-state index contributed by atoms with van der Waals surface area (Å²) in [6.45, 7) is 0. The highest BCUT2D eigenvalue weighted by Gasteiger charge is 2.05. The summed E-state index contributed by atoms with van der Waals surface area (Å²) in [6.07, 6.45) is 0. The van der Waals surface area contributed by atoms with Crippen LogP contribution in [0, 0.1) is 5.41 Å². The first-order valence-corrected chi connectivity index (χ1v) is 3.67. The minimum absolute atomic E-state index is 0.0394. The Morgan fingerprint density at radius 1 is 1.36 bits per heavy atom. The van der Waals surface area contributed by atoms with Crippen LogP contribution in [0.5, 0.6) is 0 Å². The van der Waals surface area contributed by atoms with E-state index >= 15 is 0 Å². The normalized spacial score (nSPS) is 9.45. The third-order valence-corrected chi connectivity index (χ3v) is 2.25. The van der Waals surface area contributed by atoms with Crippen molar-refractivity contribution in [1.29, 1.82) is 5.41 Å². The number of hydrogen-bond donors (Lipinski definition) is 3. The maximum atomic E-state index is 10.6. The molecule has 1 aromatic rings. The monoisotopic (exact) mass is 169 g/mol. The summed E-state index contributed by atoms with van der Waals surface area (Å²) in [5, 5.41) is 7.03. The minimum atomic E-state index is -0.484. The maximum absolute atomic E-state index is 10.6. The number of amidine groups is 1. The number of carbonyl (C=O) groups excluding carboxylic acids is 1. The molecule has 1 heterocycles. The molecule has 1 aromatic heterocycles. The van der Waals surface area contributed by atoms with Gasteiger partial charge in [-0.2, -0.15) is 0 Å². The first-order valence-electron chi connectivity index (χ1n) is 2.85. The van der Waals surface area contributed by atoms with Crippen LogP contribution in [-0.4, -0.2) is 11.7 Å². The summed E-state index contributed by atoms with van der Waals surface area (Å²) in [7, 11) is 0. The number of carbonyl (C=O) groups is 1. The topological polar surface area (TPSA) is 93.0 Å². The Balaban J connectivity index is 2.99. The number of amides is 1. The van der Waals surface area contributed by atoms with Crippen LogP contribution in [0.1, 0.15) is 14.5 Å². The highest BCUT2D eigenvalue weighted by Crippen LogP contribution is 2.14. The van der Waals surface area contributed by atoms with Crippen LogP contribution in [0.4, 0.5) is 0 Å². The molecule has 0 aromatic carbocycles. The summed E-state index contributed by atoms with van der Waals surface area (Å²) < 4.78 is 0. The largest absolute Gasteiger partial charge is 0.383 e. The van der Waals surface area contributed by atoms with Crippen molar-refractivity contribution in [3.8, 4) is 0 Å². The molecule has 0 saturated carbocycles. The lowest BCUT2D eigenvalue weighted by Crippen LogP contribution is -2.09. The predicted molar refractivity (Wildman–Crippen MR) is 43.9 cm³/mol. The van der Waals surface area contributed by atoms with Crippen LogP contribution in [0.3, 0.4) is 0 Å². The third-order valence-electron chi connectivity index (χ3n) is 1.11. The van der Waals surface area contributed by atoms with Gasteiger partial charge in [0.15, 0.2) is 0 Å². The maximum Gasteiger partial charge on any atom is 0.258 e. The van der Waals surface area contributed by atoms with E-state index < -0.39 is 5.91 Å². The second-order valence-electron chi connectivity index (χ2n) is 1.94. The van der Waals surface area contributed by atoms with Crippen LogP contribution in [0.25, 0.3) is 0 Å². The lowest BCUT2D eigenvalue weighted by atomic mass is 10.4. The van der Waals surface area contributed by atoms with Crippen LogP contribution in [0.15, 0.2) is 12.1 Å². The molecule has 0 unspecified atom stereocenters. The standard InChI is InChI=1S/C6H7N3OS/c7-5(8)3-1-2-4(11-3)6(9)10/h1-2H,(H3,7,8)(H2,9,10). The van der Waals surface area contributed by atoms with Crippen molar-refractivity contribution in [2.24, 2.45) is 11.5 Å². The molecule has 0 spiro atoms. The SMILES string of the molecule is N=C(N)c1ccc(C(N)=O)s1. The molecule has 0 saturated heterocycles. The van der Waals surface area contributed by atoms with Gasteiger partial charge in [-0.05, 0) is 12.1 Å². The van der Waals surface area contributed by atoms with Gasteiger partial charge in [0.25, 0.3) is 5.91 Å². The molecule has 4 nitrogen and oxygen atoms in total. The fraction of sp³-hybridized carbons (Fsp3) is 0. The second-order valence-corrected chi connectivity index (χ2v) is 3.03. The fourth-order valence-corrected chi connectivity index (χ4v) is 1.33. The lowest BCUT2D eigenvalue weighted by Gasteiger charge is -1.87. The van der Waals surface area contributed by atoms with Crippen molar-refractivity contribution >= 4 is 23.1 Å². The zero-order valence-electron chi connectivity index (χ0n) is 5.63. The van der Waals surface area contributed by atoms with Gasteiger partial charge in [-0.3, -0.25) is 10.2 Å². The Bertz CT molecular complexity index is 276. The zero-order chi connectivity index (χ0) is 8.43. The molecule has 0 atom stereocenters. The Labute approximate surface area is 67.3 Å². The molecule has 5 N–H and O–H groups in total. The smallest absolute Gasteiger partial charge is 0.258 e. The van der Waals surface area contributed by atoms with Crippen molar-refractivity contribution in [2.75, 3.05) is 0 Å². The highest BCUT2D eigenvalue weighted by atomic mass is 32.1. The Hall–Kier alpha value is -1.36. The molecule has 0 aliphatic heterocycles. The summed E-state index contributed by atoms with van der Waals surface area (Å²) >= 11 is 1.12. The third kappa shape index (κ3) is 1.56. The molecule has 5 heteroatoms. The van der Waals surface area contributed by atoms with Gasteiger partial charge in [-0.25, -0.2) is 0 Å². The van der Waals surface area contributed by atoms with Crippen molar-refractivity contribution in [3.63, 3.8) is 0 Å². The van der Waals surface area contributed by atoms with Gasteiger partial charge in [0.05, 0.1) is 9.75 Å². The van der Waals surface area contributed by atoms with Crippen molar-refractivity contribution in [2.45, 2.75) is 0 Å². The van der Waals surface area contributed by atoms with E-state index in [2.05, 4.69) is 0 Å². The van der Waals surface area contributed by atoms with Crippen molar-refractivity contribution in [3.05, 3.63) is 21.9 Å². The Kier molecular flexibility index (Phi) is 1.91. The quantitative estimate of drug-likeness (QED) is 0.433.